The second-order valence-electron chi connectivity index (χ2n) is 5.95. The van der Waals surface area contributed by atoms with E-state index in [1.807, 2.05) is 30.5 Å². The molecule has 5 nitrogen and oxygen atoms in total. The smallest absolute Gasteiger partial charge is 0.128 e. The molecule has 2 N–H and O–H groups in total. The van der Waals surface area contributed by atoms with E-state index >= 15 is 0 Å². The average Bonchev–Trinajstić information content (AvgIpc) is 3.00. The summed E-state index contributed by atoms with van der Waals surface area (Å²) in [4.78, 5) is 3.31. The Morgan fingerprint density at radius 3 is 2.83 bits per heavy atom. The molecule has 2 atom stereocenters. The monoisotopic (exact) mass is 352 g/mol. The third-order valence-corrected chi connectivity index (χ3v) is 5.10. The zero-order valence-corrected chi connectivity index (χ0v) is 15.7. The molecule has 6 heteroatoms. The molecule has 0 aliphatic carbocycles. The highest BCUT2D eigenvalue weighted by atomic mass is 32.2. The van der Waals surface area contributed by atoms with E-state index in [-0.39, 0.29) is 6.61 Å². The number of ether oxygens (including phenoxy) is 2. The maximum atomic E-state index is 10.3. The second kappa shape index (κ2) is 9.32. The largest absolute Gasteiger partial charge is 0.490 e. The summed E-state index contributed by atoms with van der Waals surface area (Å²) in [6.07, 6.45) is 2.57. The number of rotatable bonds is 10. The lowest BCUT2D eigenvalue weighted by atomic mass is 10.2. The summed E-state index contributed by atoms with van der Waals surface area (Å²) >= 11 is 1.66. The normalized spacial score (nSPS) is 14.2. The predicted octanol–water partition coefficient (Wildman–Crippen LogP) is 3.43. The molecule has 2 unspecified atom stereocenters. The maximum Gasteiger partial charge on any atom is 0.128 e. The van der Waals surface area contributed by atoms with Crippen molar-refractivity contribution in [2.45, 2.75) is 39.0 Å². The van der Waals surface area contributed by atoms with E-state index in [2.05, 4.69) is 23.1 Å². The molecule has 0 fully saturated rings. The second-order valence-corrected chi connectivity index (χ2v) is 6.78. The molecule has 134 valence electrons. The van der Waals surface area contributed by atoms with Crippen LogP contribution < -0.4 is 4.74 Å². The van der Waals surface area contributed by atoms with E-state index in [1.165, 1.54) is 0 Å². The molecular formula is C18H28N2O3S. The molecule has 1 aromatic heterocycles. The lowest BCUT2D eigenvalue weighted by Gasteiger charge is -2.27. The van der Waals surface area contributed by atoms with Gasteiger partial charge in [-0.15, -0.1) is 0 Å². The number of aromatic nitrogens is 1. The zero-order valence-electron chi connectivity index (χ0n) is 14.9. The van der Waals surface area contributed by atoms with Crippen LogP contribution in [0.4, 0.5) is 0 Å². The molecule has 0 saturated heterocycles. The topological polar surface area (TPSA) is 57.7 Å². The van der Waals surface area contributed by atoms with Gasteiger partial charge in [0, 0.05) is 36.3 Å². The quantitative estimate of drug-likeness (QED) is 0.642. The van der Waals surface area contributed by atoms with Gasteiger partial charge in [-0.3, -0.25) is 0 Å². The highest BCUT2D eigenvalue weighted by Crippen LogP contribution is 2.27. The van der Waals surface area contributed by atoms with Gasteiger partial charge in [0.2, 0.25) is 0 Å². The molecule has 0 aliphatic rings. The first-order valence-corrected chi connectivity index (χ1v) is 9.48. The van der Waals surface area contributed by atoms with Crippen LogP contribution in [0.3, 0.4) is 0 Å². The van der Waals surface area contributed by atoms with Crippen molar-refractivity contribution >= 4 is 22.9 Å². The van der Waals surface area contributed by atoms with E-state index in [4.69, 9.17) is 9.47 Å². The van der Waals surface area contributed by atoms with Gasteiger partial charge in [-0.1, -0.05) is 24.9 Å². The Hall–Kier alpha value is -1.21. The van der Waals surface area contributed by atoms with Crippen LogP contribution in [0.5, 0.6) is 5.75 Å². The van der Waals surface area contributed by atoms with Crippen molar-refractivity contribution in [3.8, 4) is 5.75 Å². The lowest BCUT2D eigenvalue weighted by molar-refractivity contribution is 0.0859. The fourth-order valence-corrected chi connectivity index (χ4v) is 3.46. The number of aliphatic hydroxyl groups is 1. The molecule has 0 saturated carbocycles. The lowest BCUT2D eigenvalue weighted by Crippen LogP contribution is -2.36. The first kappa shape index (κ1) is 19.1. The molecule has 24 heavy (non-hydrogen) atoms. The Balaban J connectivity index is 1.99. The van der Waals surface area contributed by atoms with Gasteiger partial charge < -0.3 is 19.6 Å². The minimum absolute atomic E-state index is 0.275. The van der Waals surface area contributed by atoms with Crippen LogP contribution in [-0.2, 0) is 11.3 Å². The molecule has 2 rings (SSSR count). The van der Waals surface area contributed by atoms with Crippen LogP contribution in [0.25, 0.3) is 10.9 Å². The van der Waals surface area contributed by atoms with Gasteiger partial charge in [0.1, 0.15) is 18.5 Å². The third-order valence-electron chi connectivity index (χ3n) is 4.12. The predicted molar refractivity (Wildman–Crippen MR) is 100 cm³/mol. The van der Waals surface area contributed by atoms with Gasteiger partial charge >= 0.3 is 0 Å². The highest BCUT2D eigenvalue weighted by molar-refractivity contribution is 7.96. The summed E-state index contributed by atoms with van der Waals surface area (Å²) in [5, 5.41) is 11.3. The molecule has 0 bridgehead atoms. The molecule has 1 aromatic carbocycles. The Morgan fingerprint density at radius 1 is 1.38 bits per heavy atom. The third kappa shape index (κ3) is 4.89. The number of nitrogens with zero attached hydrogens (tertiary/aromatic N) is 1. The van der Waals surface area contributed by atoms with E-state index in [9.17, 15) is 5.11 Å². The number of fused-ring (bicyclic) bond motifs is 1. The summed E-state index contributed by atoms with van der Waals surface area (Å²) < 4.78 is 13.2. The number of benzene rings is 1. The minimum atomic E-state index is -0.529. The van der Waals surface area contributed by atoms with Crippen molar-refractivity contribution in [2.24, 2.45) is 0 Å². The fourth-order valence-electron chi connectivity index (χ4n) is 2.63. The van der Waals surface area contributed by atoms with Crippen LogP contribution in [0.1, 0.15) is 26.0 Å². The number of H-pyrrole nitrogens is 1. The molecular weight excluding hydrogens is 324 g/mol. The van der Waals surface area contributed by atoms with E-state index in [0.29, 0.717) is 19.2 Å². The molecule has 2 aromatic rings. The molecule has 0 spiro atoms. The van der Waals surface area contributed by atoms with Gasteiger partial charge in [0.15, 0.2) is 0 Å². The van der Waals surface area contributed by atoms with Gasteiger partial charge in [0.25, 0.3) is 0 Å². The summed E-state index contributed by atoms with van der Waals surface area (Å²) in [6, 6.07) is 8.36. The first-order chi connectivity index (χ1) is 11.6. The summed E-state index contributed by atoms with van der Waals surface area (Å²) in [5.41, 5.74) is 2.02. The number of aromatic amines is 1. The van der Waals surface area contributed by atoms with Crippen LogP contribution >= 0.6 is 11.9 Å². The van der Waals surface area contributed by atoms with Gasteiger partial charge in [0.05, 0.1) is 6.61 Å². The summed E-state index contributed by atoms with van der Waals surface area (Å²) in [7, 11) is 1.67. The van der Waals surface area contributed by atoms with Crippen LogP contribution in [0, 0.1) is 0 Å². The first-order valence-electron chi connectivity index (χ1n) is 8.30. The maximum absolute atomic E-state index is 10.3. The van der Waals surface area contributed by atoms with Gasteiger partial charge in [-0.25, -0.2) is 4.31 Å². The Bertz CT molecular complexity index is 632. The molecule has 0 radical (unpaired) electrons. The number of hydrogen-bond acceptors (Lipinski definition) is 5. The average molecular weight is 353 g/mol. The van der Waals surface area contributed by atoms with Gasteiger partial charge in [-0.2, -0.15) is 0 Å². The van der Waals surface area contributed by atoms with E-state index in [0.717, 1.165) is 28.8 Å². The van der Waals surface area contributed by atoms with Crippen molar-refractivity contribution in [1.82, 2.24) is 9.29 Å². The number of nitrogens with one attached hydrogen (secondary N) is 1. The van der Waals surface area contributed by atoms with Crippen LogP contribution in [0.2, 0.25) is 0 Å². The van der Waals surface area contributed by atoms with E-state index in [1.54, 1.807) is 19.1 Å². The van der Waals surface area contributed by atoms with Crippen molar-refractivity contribution in [1.29, 1.82) is 0 Å². The summed E-state index contributed by atoms with van der Waals surface area (Å²) in [5.74, 6) is 0.782. The van der Waals surface area contributed by atoms with E-state index < -0.39 is 6.10 Å². The van der Waals surface area contributed by atoms with Crippen LogP contribution in [-0.4, -0.2) is 53.1 Å². The van der Waals surface area contributed by atoms with Crippen molar-refractivity contribution in [2.75, 3.05) is 26.5 Å². The fraction of sp³-hybridized carbons (Fsp3) is 0.556. The van der Waals surface area contributed by atoms with Crippen LogP contribution in [0.15, 0.2) is 24.3 Å². The standard InChI is InChI=1S/C18H28N2O3S/c1-5-13(2)20(24-4)10-15(21)12-23-18-8-6-7-17-16(18)9-14(19-17)11-22-3/h6-9,13,15,19,21H,5,10-12H2,1-4H3. The number of hydrogen-bond donors (Lipinski definition) is 2. The van der Waals surface area contributed by atoms with Crippen molar-refractivity contribution < 1.29 is 14.6 Å². The zero-order chi connectivity index (χ0) is 17.5. The molecule has 0 aliphatic heterocycles. The van der Waals surface area contributed by atoms with Gasteiger partial charge in [-0.05, 0) is 37.8 Å². The number of aliphatic hydroxyl groups excluding tert-OH is 1. The molecule has 0 amide bonds. The Morgan fingerprint density at radius 2 is 2.17 bits per heavy atom. The Kier molecular flexibility index (Phi) is 7.42. The van der Waals surface area contributed by atoms with Crippen molar-refractivity contribution in [3.63, 3.8) is 0 Å². The highest BCUT2D eigenvalue weighted by Gasteiger charge is 2.17. The summed E-state index contributed by atoms with van der Waals surface area (Å²) in [6.45, 7) is 5.73. The molecule has 1 heterocycles. The number of methoxy groups -OCH3 is 1. The SMILES string of the molecule is CCC(C)N(CC(O)COc1cccc2[nH]c(COC)cc12)SC. The minimum Gasteiger partial charge on any atom is -0.490 e. The van der Waals surface area contributed by atoms with Crippen molar-refractivity contribution in [3.05, 3.63) is 30.0 Å². The Labute approximate surface area is 148 Å².